The van der Waals surface area contributed by atoms with Gasteiger partial charge in [-0.25, -0.2) is 0 Å². The van der Waals surface area contributed by atoms with E-state index in [0.29, 0.717) is 12.3 Å². The standard InChI is InChI=1S/C13H17BrO/c1-8(2)5-13(15)11-6-10(4)12(14)7-9(11)3/h6-8H,5H2,1-4H3. The monoisotopic (exact) mass is 268 g/mol. The van der Waals surface area contributed by atoms with Gasteiger partial charge in [0.05, 0.1) is 0 Å². The van der Waals surface area contributed by atoms with Crippen LogP contribution in [-0.4, -0.2) is 5.78 Å². The van der Waals surface area contributed by atoms with E-state index in [1.54, 1.807) is 0 Å². The number of carbonyl (C=O) groups excluding carboxylic acids is 1. The molecule has 0 amide bonds. The van der Waals surface area contributed by atoms with E-state index in [1.165, 1.54) is 0 Å². The molecule has 1 aromatic carbocycles. The number of carbonyl (C=O) groups is 1. The normalized spacial score (nSPS) is 10.8. The van der Waals surface area contributed by atoms with Crippen LogP contribution in [0.5, 0.6) is 0 Å². The first-order chi connectivity index (χ1) is 6.91. The molecule has 0 aliphatic carbocycles. The molecule has 0 fully saturated rings. The molecule has 0 radical (unpaired) electrons. The van der Waals surface area contributed by atoms with Gasteiger partial charge in [0.15, 0.2) is 5.78 Å². The van der Waals surface area contributed by atoms with Crippen LogP contribution in [-0.2, 0) is 0 Å². The maximum Gasteiger partial charge on any atom is 0.163 e. The maximum atomic E-state index is 11.9. The summed E-state index contributed by atoms with van der Waals surface area (Å²) in [6.45, 7) is 8.13. The molecule has 1 rings (SSSR count). The van der Waals surface area contributed by atoms with E-state index in [0.717, 1.165) is 21.2 Å². The van der Waals surface area contributed by atoms with Gasteiger partial charge in [-0.3, -0.25) is 4.79 Å². The average molecular weight is 269 g/mol. The van der Waals surface area contributed by atoms with E-state index in [4.69, 9.17) is 0 Å². The molecule has 0 unspecified atom stereocenters. The zero-order chi connectivity index (χ0) is 11.6. The Balaban J connectivity index is 3.04. The first-order valence-corrected chi connectivity index (χ1v) is 6.01. The summed E-state index contributed by atoms with van der Waals surface area (Å²) in [6.07, 6.45) is 0.627. The number of halogens is 1. The fourth-order valence-corrected chi connectivity index (χ4v) is 2.02. The highest BCUT2D eigenvalue weighted by Crippen LogP contribution is 2.22. The fraction of sp³-hybridized carbons (Fsp3) is 0.462. The third-order valence-corrected chi connectivity index (χ3v) is 3.25. The molecule has 0 heterocycles. The van der Waals surface area contributed by atoms with E-state index < -0.39 is 0 Å². The SMILES string of the molecule is Cc1cc(C(=O)CC(C)C)c(C)cc1Br. The molecule has 15 heavy (non-hydrogen) atoms. The predicted molar refractivity (Wildman–Crippen MR) is 67.4 cm³/mol. The van der Waals surface area contributed by atoms with Crippen molar-refractivity contribution in [2.24, 2.45) is 5.92 Å². The van der Waals surface area contributed by atoms with E-state index >= 15 is 0 Å². The molecule has 82 valence electrons. The van der Waals surface area contributed by atoms with Gasteiger partial charge in [0.25, 0.3) is 0 Å². The highest BCUT2D eigenvalue weighted by molar-refractivity contribution is 9.10. The Bertz CT molecular complexity index is 380. The smallest absolute Gasteiger partial charge is 0.163 e. The van der Waals surface area contributed by atoms with Crippen LogP contribution in [0.25, 0.3) is 0 Å². The van der Waals surface area contributed by atoms with Gasteiger partial charge in [-0.2, -0.15) is 0 Å². The number of hydrogen-bond acceptors (Lipinski definition) is 1. The zero-order valence-electron chi connectivity index (χ0n) is 9.73. The van der Waals surface area contributed by atoms with Crippen molar-refractivity contribution in [2.45, 2.75) is 34.1 Å². The molecule has 1 nitrogen and oxygen atoms in total. The topological polar surface area (TPSA) is 17.1 Å². The van der Waals surface area contributed by atoms with Crippen molar-refractivity contribution in [1.82, 2.24) is 0 Å². The van der Waals surface area contributed by atoms with Crippen molar-refractivity contribution >= 4 is 21.7 Å². The van der Waals surface area contributed by atoms with E-state index in [-0.39, 0.29) is 5.78 Å². The van der Waals surface area contributed by atoms with Crippen molar-refractivity contribution in [2.75, 3.05) is 0 Å². The number of aryl methyl sites for hydroxylation is 2. The third-order valence-electron chi connectivity index (χ3n) is 2.40. The molecule has 0 bridgehead atoms. The van der Waals surface area contributed by atoms with Crippen LogP contribution in [0.4, 0.5) is 0 Å². The number of Topliss-reactive ketones (excluding diaryl/α,β-unsaturated/α-hetero) is 1. The van der Waals surface area contributed by atoms with Gasteiger partial charge in [-0.05, 0) is 43.0 Å². The van der Waals surface area contributed by atoms with Gasteiger partial charge in [0, 0.05) is 16.5 Å². The van der Waals surface area contributed by atoms with Crippen LogP contribution in [0.1, 0.15) is 41.8 Å². The number of hydrogen-bond donors (Lipinski definition) is 0. The molecule has 0 N–H and O–H groups in total. The highest BCUT2D eigenvalue weighted by Gasteiger charge is 2.12. The van der Waals surface area contributed by atoms with E-state index in [9.17, 15) is 4.79 Å². The second-order valence-corrected chi connectivity index (χ2v) is 5.29. The second-order valence-electron chi connectivity index (χ2n) is 4.44. The van der Waals surface area contributed by atoms with Gasteiger partial charge >= 0.3 is 0 Å². The van der Waals surface area contributed by atoms with Gasteiger partial charge in [0.2, 0.25) is 0 Å². The van der Waals surface area contributed by atoms with Crippen LogP contribution in [0.2, 0.25) is 0 Å². The Labute approximate surface area is 100 Å². The molecule has 0 aromatic heterocycles. The summed E-state index contributed by atoms with van der Waals surface area (Å²) in [6, 6.07) is 3.99. The first kappa shape index (κ1) is 12.4. The number of ketones is 1. The first-order valence-electron chi connectivity index (χ1n) is 5.21. The summed E-state index contributed by atoms with van der Waals surface area (Å²) in [5.74, 6) is 0.666. The van der Waals surface area contributed by atoms with Crippen molar-refractivity contribution < 1.29 is 4.79 Å². The summed E-state index contributed by atoms with van der Waals surface area (Å²) in [5.41, 5.74) is 3.04. The Morgan fingerprint density at radius 3 is 2.40 bits per heavy atom. The van der Waals surface area contributed by atoms with Crippen molar-refractivity contribution in [1.29, 1.82) is 0 Å². The molecule has 0 saturated heterocycles. The summed E-state index contributed by atoms with van der Waals surface area (Å²) < 4.78 is 1.07. The Morgan fingerprint density at radius 1 is 1.27 bits per heavy atom. The maximum absolute atomic E-state index is 11.9. The highest BCUT2D eigenvalue weighted by atomic mass is 79.9. The zero-order valence-corrected chi connectivity index (χ0v) is 11.3. The lowest BCUT2D eigenvalue weighted by Gasteiger charge is -2.09. The molecule has 0 aliphatic heterocycles. The van der Waals surface area contributed by atoms with E-state index in [1.807, 2.05) is 26.0 Å². The van der Waals surface area contributed by atoms with Gasteiger partial charge < -0.3 is 0 Å². The average Bonchev–Trinajstić information content (AvgIpc) is 2.09. The lowest BCUT2D eigenvalue weighted by atomic mass is 9.96. The lowest BCUT2D eigenvalue weighted by Crippen LogP contribution is -2.06. The Hall–Kier alpha value is -0.630. The lowest BCUT2D eigenvalue weighted by molar-refractivity contribution is 0.0967. The minimum Gasteiger partial charge on any atom is -0.294 e. The predicted octanol–water partition coefficient (Wildman–Crippen LogP) is 4.29. The Morgan fingerprint density at radius 2 is 1.87 bits per heavy atom. The van der Waals surface area contributed by atoms with Gasteiger partial charge in [0.1, 0.15) is 0 Å². The number of benzene rings is 1. The molecule has 0 saturated carbocycles. The molecule has 0 aliphatic rings. The van der Waals surface area contributed by atoms with Crippen LogP contribution in [0, 0.1) is 19.8 Å². The minimum atomic E-state index is 0.248. The van der Waals surface area contributed by atoms with Crippen LogP contribution in [0.3, 0.4) is 0 Å². The van der Waals surface area contributed by atoms with Crippen LogP contribution in [0.15, 0.2) is 16.6 Å². The molecule has 2 heteroatoms. The van der Waals surface area contributed by atoms with Crippen molar-refractivity contribution in [3.05, 3.63) is 33.3 Å². The third kappa shape index (κ3) is 3.16. The molecule has 0 spiro atoms. The fourth-order valence-electron chi connectivity index (χ4n) is 1.56. The largest absolute Gasteiger partial charge is 0.294 e. The summed E-state index contributed by atoms with van der Waals surface area (Å²) in [7, 11) is 0. The molecule has 0 atom stereocenters. The minimum absolute atomic E-state index is 0.248. The van der Waals surface area contributed by atoms with Gasteiger partial charge in [-0.15, -0.1) is 0 Å². The Kier molecular flexibility index (Phi) is 4.09. The van der Waals surface area contributed by atoms with Crippen LogP contribution >= 0.6 is 15.9 Å². The van der Waals surface area contributed by atoms with E-state index in [2.05, 4.69) is 29.8 Å². The van der Waals surface area contributed by atoms with Crippen molar-refractivity contribution in [3.63, 3.8) is 0 Å². The van der Waals surface area contributed by atoms with Gasteiger partial charge in [-0.1, -0.05) is 29.8 Å². The number of rotatable bonds is 3. The molecular weight excluding hydrogens is 252 g/mol. The second kappa shape index (κ2) is 4.93. The quantitative estimate of drug-likeness (QED) is 0.748. The summed E-state index contributed by atoms with van der Waals surface area (Å²) in [4.78, 5) is 11.9. The molecule has 1 aromatic rings. The summed E-state index contributed by atoms with van der Waals surface area (Å²) in [5, 5.41) is 0. The molecular formula is C13H17BrO. The van der Waals surface area contributed by atoms with Crippen LogP contribution < -0.4 is 0 Å². The summed E-state index contributed by atoms with van der Waals surface area (Å²) >= 11 is 3.47. The van der Waals surface area contributed by atoms with Crippen molar-refractivity contribution in [3.8, 4) is 0 Å².